The average Bonchev–Trinajstić information content (AvgIpc) is 2.81. The Balaban J connectivity index is 1.90. The fraction of sp³-hybridized carbons (Fsp3) is 0.296. The van der Waals surface area contributed by atoms with E-state index in [0.717, 1.165) is 41.6 Å². The molecular formula is C27H28ClNO4. The summed E-state index contributed by atoms with van der Waals surface area (Å²) in [6.45, 7) is 5.98. The Kier molecular flexibility index (Phi) is 8.23. The van der Waals surface area contributed by atoms with Gasteiger partial charge in [-0.2, -0.15) is 0 Å². The summed E-state index contributed by atoms with van der Waals surface area (Å²) in [5.41, 5.74) is 5.87. The number of carbonyl (C=O) groups excluding carboxylic acids is 2. The summed E-state index contributed by atoms with van der Waals surface area (Å²) in [6, 6.07) is 14.8. The fourth-order valence-corrected chi connectivity index (χ4v) is 3.80. The summed E-state index contributed by atoms with van der Waals surface area (Å²) in [5, 5.41) is 0.328. The zero-order valence-electron chi connectivity index (χ0n) is 19.4. The monoisotopic (exact) mass is 465 g/mol. The molecule has 5 nitrogen and oxygen atoms in total. The van der Waals surface area contributed by atoms with Crippen molar-refractivity contribution >= 4 is 23.5 Å². The largest absolute Gasteiger partial charge is 0.465 e. The lowest BCUT2D eigenvalue weighted by Gasteiger charge is -2.15. The molecule has 0 aliphatic heterocycles. The van der Waals surface area contributed by atoms with Crippen molar-refractivity contribution in [3.8, 4) is 11.1 Å². The van der Waals surface area contributed by atoms with E-state index in [1.165, 1.54) is 13.2 Å². The first-order valence-corrected chi connectivity index (χ1v) is 11.3. The molecule has 1 heterocycles. The van der Waals surface area contributed by atoms with E-state index in [4.69, 9.17) is 21.1 Å². The molecule has 1 aromatic heterocycles. The molecule has 0 radical (unpaired) electrons. The second-order valence-corrected chi connectivity index (χ2v) is 8.37. The van der Waals surface area contributed by atoms with Crippen molar-refractivity contribution in [2.45, 2.75) is 46.6 Å². The van der Waals surface area contributed by atoms with Crippen LogP contribution in [0.15, 0.2) is 48.5 Å². The van der Waals surface area contributed by atoms with Gasteiger partial charge in [0.15, 0.2) is 0 Å². The second kappa shape index (κ2) is 11.1. The van der Waals surface area contributed by atoms with Gasteiger partial charge >= 0.3 is 11.9 Å². The molecule has 3 aromatic rings. The molecular weight excluding hydrogens is 438 g/mol. The highest BCUT2D eigenvalue weighted by molar-refractivity contribution is 6.31. The molecule has 0 aliphatic rings. The van der Waals surface area contributed by atoms with E-state index in [1.807, 2.05) is 44.2 Å². The first-order chi connectivity index (χ1) is 15.8. The number of carbonyl (C=O) groups is 2. The summed E-state index contributed by atoms with van der Waals surface area (Å²) in [4.78, 5) is 29.5. The zero-order chi connectivity index (χ0) is 24.0. The minimum Gasteiger partial charge on any atom is -0.465 e. The molecule has 0 saturated carbocycles. The van der Waals surface area contributed by atoms with E-state index in [0.29, 0.717) is 27.4 Å². The van der Waals surface area contributed by atoms with Crippen molar-refractivity contribution in [2.24, 2.45) is 0 Å². The number of hydrogen-bond acceptors (Lipinski definition) is 5. The average molecular weight is 466 g/mol. The number of unbranched alkanes of at least 4 members (excludes halogenated alkanes) is 1. The van der Waals surface area contributed by atoms with E-state index in [9.17, 15) is 9.59 Å². The molecule has 0 bridgehead atoms. The summed E-state index contributed by atoms with van der Waals surface area (Å²) < 4.78 is 10.3. The molecule has 0 N–H and O–H groups in total. The van der Waals surface area contributed by atoms with Crippen LogP contribution in [-0.4, -0.2) is 24.0 Å². The van der Waals surface area contributed by atoms with Crippen molar-refractivity contribution in [3.63, 3.8) is 0 Å². The maximum Gasteiger partial charge on any atom is 0.340 e. The molecule has 0 amide bonds. The van der Waals surface area contributed by atoms with Crippen LogP contribution in [0.2, 0.25) is 5.02 Å². The minimum atomic E-state index is -0.479. The van der Waals surface area contributed by atoms with Crippen molar-refractivity contribution in [3.05, 3.63) is 87.2 Å². The van der Waals surface area contributed by atoms with Gasteiger partial charge in [-0.3, -0.25) is 4.98 Å². The van der Waals surface area contributed by atoms with E-state index < -0.39 is 11.9 Å². The number of benzene rings is 2. The zero-order valence-corrected chi connectivity index (χ0v) is 20.2. The number of aryl methyl sites for hydroxylation is 3. The molecule has 6 heteroatoms. The van der Waals surface area contributed by atoms with Gasteiger partial charge in [-0.25, -0.2) is 9.59 Å². The Morgan fingerprint density at radius 1 is 1.00 bits per heavy atom. The van der Waals surface area contributed by atoms with E-state index in [1.54, 1.807) is 12.1 Å². The van der Waals surface area contributed by atoms with Crippen LogP contribution < -0.4 is 0 Å². The number of ether oxygens (including phenoxy) is 2. The number of hydrogen-bond donors (Lipinski definition) is 0. The van der Waals surface area contributed by atoms with Crippen LogP contribution in [-0.2, 0) is 22.5 Å². The van der Waals surface area contributed by atoms with Gasteiger partial charge in [0.2, 0.25) is 0 Å². The van der Waals surface area contributed by atoms with Crippen molar-refractivity contribution < 1.29 is 19.1 Å². The number of pyridine rings is 1. The van der Waals surface area contributed by atoms with Crippen molar-refractivity contribution in [1.82, 2.24) is 4.98 Å². The summed E-state index contributed by atoms with van der Waals surface area (Å²) >= 11 is 6.29. The van der Waals surface area contributed by atoms with Gasteiger partial charge in [-0.1, -0.05) is 60.8 Å². The SMILES string of the molecule is CCCCc1cc(-c2ccc(C)cc2)c(C(=O)OCc2ccc(C(=O)OC)cc2Cl)c(C)n1. The lowest BCUT2D eigenvalue weighted by Crippen LogP contribution is -2.12. The predicted octanol–water partition coefficient (Wildman–Crippen LogP) is 6.51. The van der Waals surface area contributed by atoms with E-state index in [-0.39, 0.29) is 6.61 Å². The third kappa shape index (κ3) is 5.99. The van der Waals surface area contributed by atoms with Gasteiger partial charge in [-0.05, 0) is 56.0 Å². The Labute approximate surface area is 199 Å². The maximum atomic E-state index is 13.2. The highest BCUT2D eigenvalue weighted by atomic mass is 35.5. The molecule has 0 aliphatic carbocycles. The molecule has 3 rings (SSSR count). The predicted molar refractivity (Wildman–Crippen MR) is 130 cm³/mol. The lowest BCUT2D eigenvalue weighted by molar-refractivity contribution is 0.0471. The van der Waals surface area contributed by atoms with Crippen LogP contribution in [0, 0.1) is 13.8 Å². The van der Waals surface area contributed by atoms with Crippen LogP contribution in [0.4, 0.5) is 0 Å². The summed E-state index contributed by atoms with van der Waals surface area (Å²) in [7, 11) is 1.31. The Bertz CT molecular complexity index is 1160. The van der Waals surface area contributed by atoms with Crippen LogP contribution in [0.5, 0.6) is 0 Å². The van der Waals surface area contributed by atoms with Crippen molar-refractivity contribution in [2.75, 3.05) is 7.11 Å². The molecule has 172 valence electrons. The molecule has 0 unspecified atom stereocenters. The number of halogens is 1. The van der Waals surface area contributed by atoms with Gasteiger partial charge in [0.1, 0.15) is 6.61 Å². The highest BCUT2D eigenvalue weighted by Gasteiger charge is 2.20. The Morgan fingerprint density at radius 2 is 1.73 bits per heavy atom. The van der Waals surface area contributed by atoms with Crippen LogP contribution in [0.25, 0.3) is 11.1 Å². The van der Waals surface area contributed by atoms with Crippen molar-refractivity contribution in [1.29, 1.82) is 0 Å². The van der Waals surface area contributed by atoms with Crippen LogP contribution >= 0.6 is 11.6 Å². The molecule has 0 atom stereocenters. The standard InChI is InChI=1S/C27H28ClNO4/c1-5-6-7-22-15-23(19-10-8-17(2)9-11-19)25(18(3)29-22)27(31)33-16-21-13-12-20(14-24(21)28)26(30)32-4/h8-15H,5-7,16H2,1-4H3. The number of esters is 2. The minimum absolute atomic E-state index is 0.0243. The maximum absolute atomic E-state index is 13.2. The smallest absolute Gasteiger partial charge is 0.340 e. The third-order valence-corrected chi connectivity index (χ3v) is 5.79. The van der Waals surface area contributed by atoms with Gasteiger partial charge < -0.3 is 9.47 Å². The third-order valence-electron chi connectivity index (χ3n) is 5.44. The Morgan fingerprint density at radius 3 is 2.36 bits per heavy atom. The molecule has 2 aromatic carbocycles. The highest BCUT2D eigenvalue weighted by Crippen LogP contribution is 2.29. The number of aromatic nitrogens is 1. The molecule has 0 fully saturated rings. The molecule has 0 saturated heterocycles. The fourth-order valence-electron chi connectivity index (χ4n) is 3.57. The number of methoxy groups -OCH3 is 1. The second-order valence-electron chi connectivity index (χ2n) is 7.97. The lowest BCUT2D eigenvalue weighted by atomic mass is 9.96. The van der Waals surface area contributed by atoms with E-state index in [2.05, 4.69) is 11.9 Å². The summed E-state index contributed by atoms with van der Waals surface area (Å²) in [6.07, 6.45) is 2.96. The quantitative estimate of drug-likeness (QED) is 0.355. The van der Waals surface area contributed by atoms with Gasteiger partial charge in [0.25, 0.3) is 0 Å². The topological polar surface area (TPSA) is 65.5 Å². The molecule has 33 heavy (non-hydrogen) atoms. The Hall–Kier alpha value is -3.18. The van der Waals surface area contributed by atoms with Crippen LogP contribution in [0.3, 0.4) is 0 Å². The van der Waals surface area contributed by atoms with Gasteiger partial charge in [0, 0.05) is 16.3 Å². The number of rotatable bonds is 8. The first kappa shape index (κ1) is 24.5. The van der Waals surface area contributed by atoms with Gasteiger partial charge in [-0.15, -0.1) is 0 Å². The number of nitrogens with zero attached hydrogens (tertiary/aromatic N) is 1. The van der Waals surface area contributed by atoms with E-state index >= 15 is 0 Å². The summed E-state index contributed by atoms with van der Waals surface area (Å²) in [5.74, 6) is -0.946. The van der Waals surface area contributed by atoms with Crippen LogP contribution in [0.1, 0.15) is 63.0 Å². The molecule has 0 spiro atoms. The van der Waals surface area contributed by atoms with Gasteiger partial charge in [0.05, 0.1) is 23.9 Å². The normalized spacial score (nSPS) is 10.7. The first-order valence-electron chi connectivity index (χ1n) is 11.0.